The predicted molar refractivity (Wildman–Crippen MR) is 189 cm³/mol. The minimum atomic E-state index is -0.124. The summed E-state index contributed by atoms with van der Waals surface area (Å²) in [6.45, 7) is 4.63. The number of hydrogen-bond acceptors (Lipinski definition) is 3. The number of hydrogen-bond donors (Lipinski definition) is 0. The minimum absolute atomic E-state index is 0.124. The molecule has 0 unspecified atom stereocenters. The van der Waals surface area contributed by atoms with Crippen LogP contribution in [0.4, 0.5) is 0 Å². The van der Waals surface area contributed by atoms with Gasteiger partial charge in [0.1, 0.15) is 11.2 Å². The van der Waals surface area contributed by atoms with E-state index in [-0.39, 0.29) is 5.41 Å². The van der Waals surface area contributed by atoms with Gasteiger partial charge in [-0.2, -0.15) is 0 Å². The zero-order chi connectivity index (χ0) is 30.8. The van der Waals surface area contributed by atoms with Crippen molar-refractivity contribution >= 4 is 21.9 Å². The molecule has 0 spiro atoms. The molecule has 1 aliphatic rings. The molecular formula is C43H30N2O. The smallest absolute Gasteiger partial charge is 0.160 e. The minimum Gasteiger partial charge on any atom is -0.455 e. The number of para-hydroxylation sites is 1. The van der Waals surface area contributed by atoms with Gasteiger partial charge in [-0.15, -0.1) is 0 Å². The van der Waals surface area contributed by atoms with Crippen molar-refractivity contribution in [3.05, 3.63) is 157 Å². The average molecular weight is 591 g/mol. The number of furan rings is 1. The zero-order valence-corrected chi connectivity index (χ0v) is 25.7. The summed E-state index contributed by atoms with van der Waals surface area (Å²) in [6.07, 6.45) is 0. The summed E-state index contributed by atoms with van der Waals surface area (Å²) in [5, 5.41) is 2.32. The molecule has 0 aliphatic heterocycles. The summed E-state index contributed by atoms with van der Waals surface area (Å²) < 4.78 is 6.55. The molecule has 1 aliphatic carbocycles. The summed E-state index contributed by atoms with van der Waals surface area (Å²) in [5.41, 5.74) is 14.1. The Morgan fingerprint density at radius 3 is 1.91 bits per heavy atom. The van der Waals surface area contributed by atoms with Gasteiger partial charge < -0.3 is 4.42 Å². The molecule has 8 aromatic rings. The highest BCUT2D eigenvalue weighted by atomic mass is 16.3. The molecule has 0 bridgehead atoms. The van der Waals surface area contributed by atoms with Gasteiger partial charge in [-0.3, -0.25) is 0 Å². The summed E-state index contributed by atoms with van der Waals surface area (Å²) >= 11 is 0. The zero-order valence-electron chi connectivity index (χ0n) is 25.7. The molecule has 218 valence electrons. The van der Waals surface area contributed by atoms with Crippen molar-refractivity contribution in [2.45, 2.75) is 19.3 Å². The molecule has 0 amide bonds. The fraction of sp³-hybridized carbons (Fsp3) is 0.0698. The van der Waals surface area contributed by atoms with Crippen molar-refractivity contribution in [3.8, 4) is 56.2 Å². The Bertz CT molecular complexity index is 2380. The summed E-state index contributed by atoms with van der Waals surface area (Å²) in [5.74, 6) is 0.716. The molecule has 3 nitrogen and oxygen atoms in total. The lowest BCUT2D eigenvalue weighted by Gasteiger charge is -2.21. The second-order valence-corrected chi connectivity index (χ2v) is 12.6. The third-order valence-electron chi connectivity index (χ3n) is 9.50. The van der Waals surface area contributed by atoms with Crippen LogP contribution < -0.4 is 0 Å². The highest BCUT2D eigenvalue weighted by molar-refractivity contribution is 6.12. The maximum Gasteiger partial charge on any atom is 0.160 e. The Morgan fingerprint density at radius 1 is 0.478 bits per heavy atom. The second-order valence-electron chi connectivity index (χ2n) is 12.6. The predicted octanol–water partition coefficient (Wildman–Crippen LogP) is 11.4. The normalized spacial score (nSPS) is 13.2. The molecule has 3 heteroatoms. The second kappa shape index (κ2) is 10.1. The molecule has 0 atom stereocenters. The van der Waals surface area contributed by atoms with Crippen molar-refractivity contribution in [1.82, 2.24) is 9.97 Å². The van der Waals surface area contributed by atoms with Gasteiger partial charge in [0.05, 0.1) is 11.4 Å². The molecule has 0 saturated carbocycles. The standard InChI is InChI=1S/C43H30N2O/c1-43(2)35-22-20-30(25-34(35)40-36(43)23-21-33-32-18-9-10-19-39(32)46-41(33)40)29-16-11-17-31(24-29)38-26-37(27-12-5-3-6-13-27)44-42(45-38)28-14-7-4-8-15-28/h3-26H,1-2H3. The van der Waals surface area contributed by atoms with Crippen LogP contribution in [0.1, 0.15) is 25.0 Å². The van der Waals surface area contributed by atoms with E-state index in [2.05, 4.69) is 117 Å². The third-order valence-corrected chi connectivity index (χ3v) is 9.50. The molecule has 0 fully saturated rings. The van der Waals surface area contributed by atoms with Crippen molar-refractivity contribution < 1.29 is 4.42 Å². The van der Waals surface area contributed by atoms with Gasteiger partial charge in [0.25, 0.3) is 0 Å². The Labute approximate surface area is 267 Å². The van der Waals surface area contributed by atoms with Crippen LogP contribution in [0.5, 0.6) is 0 Å². The van der Waals surface area contributed by atoms with Crippen LogP contribution in [0.15, 0.2) is 150 Å². The van der Waals surface area contributed by atoms with Gasteiger partial charge in [-0.25, -0.2) is 9.97 Å². The van der Waals surface area contributed by atoms with Crippen molar-refractivity contribution in [2.24, 2.45) is 0 Å². The molecule has 2 heterocycles. The fourth-order valence-electron chi connectivity index (χ4n) is 7.12. The first-order chi connectivity index (χ1) is 22.5. The van der Waals surface area contributed by atoms with Crippen LogP contribution in [-0.4, -0.2) is 9.97 Å². The molecular weight excluding hydrogens is 560 g/mol. The number of benzene rings is 6. The van der Waals surface area contributed by atoms with Crippen molar-refractivity contribution in [1.29, 1.82) is 0 Å². The first-order valence-electron chi connectivity index (χ1n) is 15.7. The van der Waals surface area contributed by atoms with Crippen molar-refractivity contribution in [2.75, 3.05) is 0 Å². The molecule has 9 rings (SSSR count). The maximum absolute atomic E-state index is 6.55. The Kier molecular flexibility index (Phi) is 5.85. The first-order valence-corrected chi connectivity index (χ1v) is 15.7. The monoisotopic (exact) mass is 590 g/mol. The first kappa shape index (κ1) is 26.6. The molecule has 0 N–H and O–H groups in total. The highest BCUT2D eigenvalue weighted by Gasteiger charge is 2.37. The van der Waals surface area contributed by atoms with Gasteiger partial charge in [0.15, 0.2) is 5.82 Å². The maximum atomic E-state index is 6.55. The third kappa shape index (κ3) is 4.13. The van der Waals surface area contributed by atoms with Crippen LogP contribution in [0, 0.1) is 0 Å². The van der Waals surface area contributed by atoms with E-state index in [0.717, 1.165) is 61.1 Å². The van der Waals surface area contributed by atoms with Crippen LogP contribution in [0.3, 0.4) is 0 Å². The van der Waals surface area contributed by atoms with E-state index in [4.69, 9.17) is 14.4 Å². The fourth-order valence-corrected chi connectivity index (χ4v) is 7.12. The van der Waals surface area contributed by atoms with Crippen LogP contribution in [0.25, 0.3) is 78.1 Å². The Hall–Kier alpha value is -5.80. The van der Waals surface area contributed by atoms with Crippen LogP contribution in [0.2, 0.25) is 0 Å². The SMILES string of the molecule is CC1(C)c2ccc(-c3cccc(-c4cc(-c5ccccc5)nc(-c5ccccc5)n4)c3)cc2-c2c1ccc1c2oc2ccccc21. The van der Waals surface area contributed by atoms with E-state index in [0.29, 0.717) is 5.82 Å². The number of aromatic nitrogens is 2. The average Bonchev–Trinajstić information content (AvgIpc) is 3.61. The highest BCUT2D eigenvalue weighted by Crippen LogP contribution is 2.53. The van der Waals surface area contributed by atoms with E-state index in [1.165, 1.54) is 22.3 Å². The van der Waals surface area contributed by atoms with Gasteiger partial charge in [-0.05, 0) is 52.1 Å². The topological polar surface area (TPSA) is 38.9 Å². The molecule has 46 heavy (non-hydrogen) atoms. The van der Waals surface area contributed by atoms with E-state index in [1.807, 2.05) is 42.5 Å². The quantitative estimate of drug-likeness (QED) is 0.205. The summed E-state index contributed by atoms with van der Waals surface area (Å²) in [6, 6.07) is 51.1. The van der Waals surface area contributed by atoms with E-state index in [9.17, 15) is 0 Å². The molecule has 0 radical (unpaired) electrons. The Balaban J connectivity index is 1.19. The molecule has 0 saturated heterocycles. The van der Waals surface area contributed by atoms with Crippen LogP contribution >= 0.6 is 0 Å². The van der Waals surface area contributed by atoms with Gasteiger partial charge in [0, 0.05) is 38.4 Å². The number of nitrogens with zero attached hydrogens (tertiary/aromatic N) is 2. The summed E-state index contributed by atoms with van der Waals surface area (Å²) in [4.78, 5) is 10.0. The van der Waals surface area contributed by atoms with E-state index < -0.39 is 0 Å². The number of fused-ring (bicyclic) bond motifs is 7. The lowest BCUT2D eigenvalue weighted by Crippen LogP contribution is -2.14. The van der Waals surface area contributed by atoms with Crippen molar-refractivity contribution in [3.63, 3.8) is 0 Å². The summed E-state index contributed by atoms with van der Waals surface area (Å²) in [7, 11) is 0. The van der Waals surface area contributed by atoms with Gasteiger partial charge in [0.2, 0.25) is 0 Å². The largest absolute Gasteiger partial charge is 0.455 e. The molecule has 2 aromatic heterocycles. The lowest BCUT2D eigenvalue weighted by atomic mass is 9.82. The molecule has 6 aromatic carbocycles. The van der Waals surface area contributed by atoms with Gasteiger partial charge in [-0.1, -0.05) is 135 Å². The lowest BCUT2D eigenvalue weighted by molar-refractivity contribution is 0.653. The number of rotatable bonds is 4. The van der Waals surface area contributed by atoms with E-state index in [1.54, 1.807) is 0 Å². The van der Waals surface area contributed by atoms with Gasteiger partial charge >= 0.3 is 0 Å². The Morgan fingerprint density at radius 2 is 1.11 bits per heavy atom. The van der Waals surface area contributed by atoms with E-state index >= 15 is 0 Å². The van der Waals surface area contributed by atoms with Crippen LogP contribution in [-0.2, 0) is 5.41 Å².